The maximum absolute atomic E-state index is 12.6. The first-order valence-corrected chi connectivity index (χ1v) is 8.44. The molecule has 4 nitrogen and oxygen atoms in total. The molecule has 4 heteroatoms. The second-order valence-electron chi connectivity index (χ2n) is 6.84. The molecule has 2 N–H and O–H groups in total. The molecule has 1 aromatic carbocycles. The van der Waals surface area contributed by atoms with Crippen molar-refractivity contribution in [1.82, 2.24) is 9.80 Å². The molecule has 0 radical (unpaired) electrons. The molecule has 22 heavy (non-hydrogen) atoms. The van der Waals surface area contributed by atoms with E-state index in [0.717, 1.165) is 30.1 Å². The Kier molecular flexibility index (Phi) is 4.79. The van der Waals surface area contributed by atoms with Gasteiger partial charge in [-0.25, -0.2) is 0 Å². The first-order valence-electron chi connectivity index (χ1n) is 8.44. The number of benzene rings is 1. The predicted molar refractivity (Wildman–Crippen MR) is 88.6 cm³/mol. The normalized spacial score (nSPS) is 23.9. The second-order valence-corrected chi connectivity index (χ2v) is 6.84. The standard InChI is InChI=1S/C18H27N3O/c1-20-9-6-15(7-10-20)17-8-11-21(13-17)18(22)16-4-2-14(12-19)3-5-16/h2-5,15,17H,6-13,19H2,1H3. The van der Waals surface area contributed by atoms with Gasteiger partial charge in [-0.1, -0.05) is 12.1 Å². The number of amides is 1. The summed E-state index contributed by atoms with van der Waals surface area (Å²) in [6.45, 7) is 4.78. The van der Waals surface area contributed by atoms with E-state index in [-0.39, 0.29) is 5.91 Å². The van der Waals surface area contributed by atoms with E-state index in [1.165, 1.54) is 32.4 Å². The Balaban J connectivity index is 1.58. The minimum atomic E-state index is 0.180. The van der Waals surface area contributed by atoms with Crippen molar-refractivity contribution in [3.63, 3.8) is 0 Å². The van der Waals surface area contributed by atoms with Crippen LogP contribution in [0.3, 0.4) is 0 Å². The highest BCUT2D eigenvalue weighted by Crippen LogP contribution is 2.32. The maximum atomic E-state index is 12.6. The van der Waals surface area contributed by atoms with E-state index in [4.69, 9.17) is 5.73 Å². The van der Waals surface area contributed by atoms with E-state index >= 15 is 0 Å². The Morgan fingerprint density at radius 3 is 2.36 bits per heavy atom. The molecule has 2 heterocycles. The van der Waals surface area contributed by atoms with Crippen molar-refractivity contribution in [1.29, 1.82) is 0 Å². The van der Waals surface area contributed by atoms with Crippen molar-refractivity contribution in [3.8, 4) is 0 Å². The zero-order valence-electron chi connectivity index (χ0n) is 13.5. The third-order valence-corrected chi connectivity index (χ3v) is 5.38. The van der Waals surface area contributed by atoms with Gasteiger partial charge in [-0.05, 0) is 68.9 Å². The SMILES string of the molecule is CN1CCC(C2CCN(C(=O)c3ccc(CN)cc3)C2)CC1. The number of nitrogens with two attached hydrogens (primary N) is 1. The topological polar surface area (TPSA) is 49.6 Å². The van der Waals surface area contributed by atoms with Gasteiger partial charge >= 0.3 is 0 Å². The lowest BCUT2D eigenvalue weighted by atomic mass is 9.84. The Morgan fingerprint density at radius 2 is 1.73 bits per heavy atom. The van der Waals surface area contributed by atoms with Gasteiger partial charge in [0.15, 0.2) is 0 Å². The van der Waals surface area contributed by atoms with Crippen LogP contribution in [0.25, 0.3) is 0 Å². The van der Waals surface area contributed by atoms with Gasteiger partial charge in [0, 0.05) is 25.2 Å². The van der Waals surface area contributed by atoms with Crippen LogP contribution < -0.4 is 5.73 Å². The van der Waals surface area contributed by atoms with Crippen LogP contribution in [0.5, 0.6) is 0 Å². The summed E-state index contributed by atoms with van der Waals surface area (Å²) in [6, 6.07) is 7.73. The summed E-state index contributed by atoms with van der Waals surface area (Å²) < 4.78 is 0. The average Bonchev–Trinajstić information content (AvgIpc) is 3.05. The highest BCUT2D eigenvalue weighted by atomic mass is 16.2. The summed E-state index contributed by atoms with van der Waals surface area (Å²) in [7, 11) is 2.20. The van der Waals surface area contributed by atoms with Crippen LogP contribution in [0.1, 0.15) is 35.2 Å². The lowest BCUT2D eigenvalue weighted by molar-refractivity contribution is 0.0776. The molecular formula is C18H27N3O. The zero-order chi connectivity index (χ0) is 15.5. The largest absolute Gasteiger partial charge is 0.338 e. The number of hydrogen-bond donors (Lipinski definition) is 1. The molecule has 1 amide bonds. The fraction of sp³-hybridized carbons (Fsp3) is 0.611. The van der Waals surface area contributed by atoms with Crippen LogP contribution in [0.2, 0.25) is 0 Å². The van der Waals surface area contributed by atoms with Crippen LogP contribution >= 0.6 is 0 Å². The summed E-state index contributed by atoms with van der Waals surface area (Å²) in [6.07, 6.45) is 3.74. The number of piperidine rings is 1. The second kappa shape index (κ2) is 6.80. The molecule has 1 unspecified atom stereocenters. The summed E-state index contributed by atoms with van der Waals surface area (Å²) in [5, 5.41) is 0. The van der Waals surface area contributed by atoms with Crippen LogP contribution in [-0.4, -0.2) is 48.9 Å². The Morgan fingerprint density at radius 1 is 1.09 bits per heavy atom. The quantitative estimate of drug-likeness (QED) is 0.928. The fourth-order valence-corrected chi connectivity index (χ4v) is 3.82. The van der Waals surface area contributed by atoms with Crippen LogP contribution in [0.15, 0.2) is 24.3 Å². The van der Waals surface area contributed by atoms with Crippen molar-refractivity contribution in [2.24, 2.45) is 17.6 Å². The monoisotopic (exact) mass is 301 g/mol. The first kappa shape index (κ1) is 15.5. The molecule has 120 valence electrons. The molecule has 0 aliphatic carbocycles. The molecule has 0 bridgehead atoms. The Bertz CT molecular complexity index is 506. The molecule has 0 spiro atoms. The number of hydrogen-bond acceptors (Lipinski definition) is 3. The smallest absolute Gasteiger partial charge is 0.253 e. The van der Waals surface area contributed by atoms with Crippen molar-refractivity contribution in [2.45, 2.75) is 25.8 Å². The summed E-state index contributed by atoms with van der Waals surface area (Å²) >= 11 is 0. The van der Waals surface area contributed by atoms with E-state index in [9.17, 15) is 4.79 Å². The maximum Gasteiger partial charge on any atom is 0.253 e. The molecule has 2 saturated heterocycles. The lowest BCUT2D eigenvalue weighted by Gasteiger charge is -2.32. The van der Waals surface area contributed by atoms with E-state index in [2.05, 4.69) is 11.9 Å². The van der Waals surface area contributed by atoms with E-state index in [1.807, 2.05) is 29.2 Å². The molecule has 3 rings (SSSR count). The molecule has 2 aliphatic heterocycles. The van der Waals surface area contributed by atoms with Gasteiger partial charge in [-0.15, -0.1) is 0 Å². The molecule has 1 aromatic rings. The molecule has 1 atom stereocenters. The summed E-state index contributed by atoms with van der Waals surface area (Å²) in [5.74, 6) is 1.67. The van der Waals surface area contributed by atoms with Gasteiger partial charge < -0.3 is 15.5 Å². The van der Waals surface area contributed by atoms with E-state index in [0.29, 0.717) is 12.5 Å². The van der Waals surface area contributed by atoms with Gasteiger partial charge in [0.2, 0.25) is 0 Å². The van der Waals surface area contributed by atoms with Crippen molar-refractivity contribution >= 4 is 5.91 Å². The number of carbonyl (C=O) groups is 1. The van der Waals surface area contributed by atoms with Gasteiger partial charge in [0.05, 0.1) is 0 Å². The van der Waals surface area contributed by atoms with Gasteiger partial charge in [0.1, 0.15) is 0 Å². The van der Waals surface area contributed by atoms with Crippen LogP contribution in [-0.2, 0) is 6.54 Å². The Labute approximate surface area is 133 Å². The molecule has 2 aliphatic rings. The van der Waals surface area contributed by atoms with E-state index < -0.39 is 0 Å². The Hall–Kier alpha value is -1.39. The third kappa shape index (κ3) is 3.33. The lowest BCUT2D eigenvalue weighted by Crippen LogP contribution is -2.35. The van der Waals surface area contributed by atoms with Crippen molar-refractivity contribution in [3.05, 3.63) is 35.4 Å². The van der Waals surface area contributed by atoms with Crippen molar-refractivity contribution in [2.75, 3.05) is 33.2 Å². The molecule has 0 saturated carbocycles. The molecule has 2 fully saturated rings. The minimum absolute atomic E-state index is 0.180. The predicted octanol–water partition coefficient (Wildman–Crippen LogP) is 1.95. The molecule has 0 aromatic heterocycles. The van der Waals surface area contributed by atoms with Gasteiger partial charge in [0.25, 0.3) is 5.91 Å². The highest BCUT2D eigenvalue weighted by Gasteiger charge is 2.33. The number of rotatable bonds is 3. The highest BCUT2D eigenvalue weighted by molar-refractivity contribution is 5.94. The number of carbonyl (C=O) groups excluding carboxylic acids is 1. The number of likely N-dealkylation sites (tertiary alicyclic amines) is 2. The summed E-state index contributed by atoms with van der Waals surface area (Å²) in [4.78, 5) is 17.1. The van der Waals surface area contributed by atoms with Gasteiger partial charge in [-0.3, -0.25) is 4.79 Å². The zero-order valence-corrected chi connectivity index (χ0v) is 13.5. The molecular weight excluding hydrogens is 274 g/mol. The minimum Gasteiger partial charge on any atom is -0.338 e. The third-order valence-electron chi connectivity index (χ3n) is 5.38. The first-order chi connectivity index (χ1) is 10.7. The summed E-state index contributed by atoms with van der Waals surface area (Å²) in [5.41, 5.74) is 7.47. The van der Waals surface area contributed by atoms with Crippen LogP contribution in [0, 0.1) is 11.8 Å². The number of nitrogens with zero attached hydrogens (tertiary/aromatic N) is 2. The van der Waals surface area contributed by atoms with Crippen LogP contribution in [0.4, 0.5) is 0 Å². The average molecular weight is 301 g/mol. The van der Waals surface area contributed by atoms with Crippen molar-refractivity contribution < 1.29 is 4.79 Å². The fourth-order valence-electron chi connectivity index (χ4n) is 3.82. The van der Waals surface area contributed by atoms with E-state index in [1.54, 1.807) is 0 Å². The van der Waals surface area contributed by atoms with Gasteiger partial charge in [-0.2, -0.15) is 0 Å².